The number of benzene rings is 3. The van der Waals surface area contributed by atoms with E-state index in [1.54, 1.807) is 0 Å². The van der Waals surface area contributed by atoms with Gasteiger partial charge in [-0.05, 0) is 46.9 Å². The van der Waals surface area contributed by atoms with Crippen molar-refractivity contribution in [2.75, 3.05) is 0 Å². The molecule has 0 aliphatic rings. The molecule has 3 rings (SSSR count). The van der Waals surface area contributed by atoms with Gasteiger partial charge in [0, 0.05) is 0 Å². The lowest BCUT2D eigenvalue weighted by atomic mass is 9.96. The van der Waals surface area contributed by atoms with E-state index >= 15 is 0 Å². The Hall–Kier alpha value is -2.61. The Balaban J connectivity index is 1.98. The van der Waals surface area contributed by atoms with Gasteiger partial charge in [0.05, 0.1) is 5.92 Å². The summed E-state index contributed by atoms with van der Waals surface area (Å²) in [5.41, 5.74) is 3.25. The fourth-order valence-electron chi connectivity index (χ4n) is 2.57. The highest BCUT2D eigenvalue weighted by molar-refractivity contribution is 5.88. The van der Waals surface area contributed by atoms with Crippen molar-refractivity contribution in [3.05, 3.63) is 79.2 Å². The third-order valence-corrected chi connectivity index (χ3v) is 3.78. The molecule has 1 unspecified atom stereocenters. The van der Waals surface area contributed by atoms with Gasteiger partial charge in [0.2, 0.25) is 0 Å². The highest BCUT2D eigenvalue weighted by atomic mass is 16.4. The molecule has 0 fully saturated rings. The second kappa shape index (κ2) is 6.02. The standard InChI is InChI=1S/C20H16O2/c1-14(20(21)22)11-15-7-8-17-9-10-18(13-19(17)12-15)16-5-3-2-4-6-16/h1-10,12-14H,11H2,(H,21,22). The summed E-state index contributed by atoms with van der Waals surface area (Å²) in [4.78, 5) is 10.9. The van der Waals surface area contributed by atoms with Crippen molar-refractivity contribution in [1.82, 2.24) is 0 Å². The lowest BCUT2D eigenvalue weighted by Crippen LogP contribution is -2.12. The lowest BCUT2D eigenvalue weighted by molar-refractivity contribution is -0.140. The average Bonchev–Trinajstić information content (AvgIpc) is 2.55. The van der Waals surface area contributed by atoms with Crippen molar-refractivity contribution in [3.63, 3.8) is 0 Å². The van der Waals surface area contributed by atoms with Gasteiger partial charge < -0.3 is 5.11 Å². The van der Waals surface area contributed by atoms with Crippen LogP contribution in [0.25, 0.3) is 21.9 Å². The Morgan fingerprint density at radius 2 is 1.64 bits per heavy atom. The fourth-order valence-corrected chi connectivity index (χ4v) is 2.57. The first-order chi connectivity index (χ1) is 10.6. The topological polar surface area (TPSA) is 37.3 Å². The molecule has 0 aliphatic carbocycles. The summed E-state index contributed by atoms with van der Waals surface area (Å²) < 4.78 is 0. The molecule has 2 heteroatoms. The molecule has 0 aromatic heterocycles. The second-order valence-corrected chi connectivity index (χ2v) is 5.41. The van der Waals surface area contributed by atoms with Crippen LogP contribution in [0.2, 0.25) is 0 Å². The lowest BCUT2D eigenvalue weighted by Gasteiger charge is -2.09. The highest BCUT2D eigenvalue weighted by Gasteiger charge is 2.12. The van der Waals surface area contributed by atoms with Crippen LogP contribution in [0.1, 0.15) is 5.56 Å². The number of hydrogen-bond acceptors (Lipinski definition) is 1. The van der Waals surface area contributed by atoms with Gasteiger partial charge in [0.25, 0.3) is 0 Å². The number of aliphatic carboxylic acids is 1. The van der Waals surface area contributed by atoms with E-state index in [1.165, 1.54) is 0 Å². The number of rotatable bonds is 4. The first-order valence-electron chi connectivity index (χ1n) is 7.20. The van der Waals surface area contributed by atoms with Gasteiger partial charge in [0.1, 0.15) is 0 Å². The van der Waals surface area contributed by atoms with Crippen LogP contribution in [-0.4, -0.2) is 11.1 Å². The predicted octanol–water partition coefficient (Wildman–Crippen LogP) is 4.46. The van der Waals surface area contributed by atoms with E-state index in [1.807, 2.05) is 36.4 Å². The maximum atomic E-state index is 10.9. The van der Waals surface area contributed by atoms with Gasteiger partial charge in [-0.3, -0.25) is 4.79 Å². The van der Waals surface area contributed by atoms with E-state index in [9.17, 15) is 4.79 Å². The molecule has 3 aromatic carbocycles. The van der Waals surface area contributed by atoms with Gasteiger partial charge in [0.15, 0.2) is 0 Å². The molecule has 22 heavy (non-hydrogen) atoms. The smallest absolute Gasteiger partial charge is 0.307 e. The summed E-state index contributed by atoms with van der Waals surface area (Å²) in [5.74, 6) is -1.84. The number of hydrogen-bond donors (Lipinski definition) is 1. The summed E-state index contributed by atoms with van der Waals surface area (Å²) in [5, 5.41) is 11.2. The summed E-state index contributed by atoms with van der Waals surface area (Å²) >= 11 is 0. The molecule has 0 spiro atoms. The quantitative estimate of drug-likeness (QED) is 0.769. The monoisotopic (exact) mass is 288 g/mol. The third kappa shape index (κ3) is 3.01. The molecule has 0 saturated heterocycles. The molecule has 1 N–H and O–H groups in total. The molecule has 0 aliphatic heterocycles. The van der Waals surface area contributed by atoms with Crippen LogP contribution in [-0.2, 0) is 11.2 Å². The molecule has 1 atom stereocenters. The molecule has 0 amide bonds. The Morgan fingerprint density at radius 1 is 0.909 bits per heavy atom. The average molecular weight is 288 g/mol. The molecule has 2 radical (unpaired) electrons. The Labute approximate surface area is 130 Å². The SMILES string of the molecule is [CH]C(Cc1ccc2ccc(-c3ccccc3)cc2c1)C(=O)O. The predicted molar refractivity (Wildman–Crippen MR) is 88.5 cm³/mol. The minimum absolute atomic E-state index is 0.334. The van der Waals surface area contributed by atoms with Crippen LogP contribution in [0.5, 0.6) is 0 Å². The molecule has 108 valence electrons. The zero-order valence-electron chi connectivity index (χ0n) is 12.1. The van der Waals surface area contributed by atoms with Crippen LogP contribution in [0.3, 0.4) is 0 Å². The molecule has 0 heterocycles. The molecule has 3 aromatic rings. The van der Waals surface area contributed by atoms with E-state index in [4.69, 9.17) is 12.0 Å². The van der Waals surface area contributed by atoms with Gasteiger partial charge in [-0.1, -0.05) is 60.7 Å². The van der Waals surface area contributed by atoms with E-state index in [0.29, 0.717) is 6.42 Å². The molecular formula is C20H16O2. The minimum atomic E-state index is -0.974. The molecule has 0 bridgehead atoms. The minimum Gasteiger partial charge on any atom is -0.481 e. The van der Waals surface area contributed by atoms with Crippen molar-refractivity contribution < 1.29 is 9.90 Å². The van der Waals surface area contributed by atoms with Crippen LogP contribution in [0.15, 0.2) is 66.7 Å². The summed E-state index contributed by atoms with van der Waals surface area (Å²) in [6, 6.07) is 22.4. The number of carboxylic acid groups (broad SMARTS) is 1. The Bertz CT molecular complexity index is 806. The van der Waals surface area contributed by atoms with Crippen molar-refractivity contribution in [3.8, 4) is 11.1 Å². The summed E-state index contributed by atoms with van der Waals surface area (Å²) in [7, 11) is 0. The van der Waals surface area contributed by atoms with Crippen LogP contribution in [0.4, 0.5) is 0 Å². The largest absolute Gasteiger partial charge is 0.481 e. The molecule has 2 nitrogen and oxygen atoms in total. The van der Waals surface area contributed by atoms with E-state index in [0.717, 1.165) is 27.5 Å². The zero-order chi connectivity index (χ0) is 15.5. The fraction of sp³-hybridized carbons (Fsp3) is 0.100. The van der Waals surface area contributed by atoms with Crippen LogP contribution in [0, 0.1) is 12.8 Å². The van der Waals surface area contributed by atoms with Crippen LogP contribution >= 0.6 is 0 Å². The first-order valence-corrected chi connectivity index (χ1v) is 7.20. The van der Waals surface area contributed by atoms with Gasteiger partial charge >= 0.3 is 5.97 Å². The number of carboxylic acids is 1. The van der Waals surface area contributed by atoms with Gasteiger partial charge in [-0.15, -0.1) is 0 Å². The third-order valence-electron chi connectivity index (χ3n) is 3.78. The number of fused-ring (bicyclic) bond motifs is 1. The van der Waals surface area contributed by atoms with E-state index < -0.39 is 11.9 Å². The normalized spacial score (nSPS) is 12.2. The van der Waals surface area contributed by atoms with Gasteiger partial charge in [-0.25, -0.2) is 0 Å². The zero-order valence-corrected chi connectivity index (χ0v) is 12.1. The van der Waals surface area contributed by atoms with Crippen molar-refractivity contribution >= 4 is 16.7 Å². The molecular weight excluding hydrogens is 272 g/mol. The van der Waals surface area contributed by atoms with E-state index in [2.05, 4.69) is 30.3 Å². The van der Waals surface area contributed by atoms with Crippen molar-refractivity contribution in [1.29, 1.82) is 0 Å². The van der Waals surface area contributed by atoms with E-state index in [-0.39, 0.29) is 0 Å². The first kappa shape index (κ1) is 14.3. The number of carbonyl (C=O) groups is 1. The van der Waals surface area contributed by atoms with Gasteiger partial charge in [-0.2, -0.15) is 0 Å². The Kier molecular flexibility index (Phi) is 3.92. The maximum Gasteiger partial charge on any atom is 0.307 e. The summed E-state index contributed by atoms with van der Waals surface area (Å²) in [6.07, 6.45) is 0.334. The maximum absolute atomic E-state index is 10.9. The highest BCUT2D eigenvalue weighted by Crippen LogP contribution is 2.25. The van der Waals surface area contributed by atoms with Crippen molar-refractivity contribution in [2.24, 2.45) is 5.92 Å². The van der Waals surface area contributed by atoms with Crippen LogP contribution < -0.4 is 0 Å². The second-order valence-electron chi connectivity index (χ2n) is 5.41. The van der Waals surface area contributed by atoms with Crippen molar-refractivity contribution in [2.45, 2.75) is 6.42 Å². The molecule has 0 saturated carbocycles. The summed E-state index contributed by atoms with van der Waals surface area (Å²) in [6.45, 7) is 5.61. The Morgan fingerprint density at radius 3 is 2.36 bits per heavy atom.